The maximum absolute atomic E-state index is 8.49. The van der Waals surface area contributed by atoms with Crippen molar-refractivity contribution in [2.24, 2.45) is 0 Å². The van der Waals surface area contributed by atoms with E-state index in [4.69, 9.17) is 18.6 Å². The van der Waals surface area contributed by atoms with Crippen LogP contribution in [0, 0.1) is 10.2 Å². The molecule has 2 aliphatic heterocycles. The molecule has 4 rings (SSSR count). The fraction of sp³-hybridized carbons (Fsp3) is 0.615. The number of hydrogen-bond acceptors (Lipinski definition) is 4. The van der Waals surface area contributed by atoms with Crippen molar-refractivity contribution >= 4 is 26.5 Å². The molecule has 0 spiro atoms. The summed E-state index contributed by atoms with van der Waals surface area (Å²) in [6.45, 7) is 10.0. The van der Waals surface area contributed by atoms with Gasteiger partial charge in [-0.1, -0.05) is 92.1 Å². The Labute approximate surface area is 224 Å². The molecule has 0 bridgehead atoms. The summed E-state index contributed by atoms with van der Waals surface area (Å²) in [5.74, 6) is 0. The largest absolute Gasteiger partial charge is 0.222 e. The van der Waals surface area contributed by atoms with E-state index in [0.717, 1.165) is 22.6 Å². The summed E-state index contributed by atoms with van der Waals surface area (Å²) >= 11 is 0. The first-order valence-electron chi connectivity index (χ1n) is 12.2. The topological polar surface area (TPSA) is 92.2 Å². The second kappa shape index (κ2) is 16.2. The molecule has 1 aromatic carbocycles. The third-order valence-electron chi connectivity index (χ3n) is 6.68. The molecule has 4 nitrogen and oxygen atoms in total. The van der Waals surface area contributed by atoms with Crippen molar-refractivity contribution in [3.63, 3.8) is 0 Å². The van der Waals surface area contributed by atoms with E-state index in [2.05, 4.69) is 76.3 Å². The molecule has 34 heavy (non-hydrogen) atoms. The third-order valence-corrected chi connectivity index (χ3v) is 13.6. The normalized spacial score (nSPS) is 29.4. The average molecular weight is 617 g/mol. The van der Waals surface area contributed by atoms with Crippen molar-refractivity contribution in [3.05, 3.63) is 48.6 Å². The van der Waals surface area contributed by atoms with Crippen molar-refractivity contribution < 1.29 is 48.4 Å². The maximum Gasteiger partial charge on any atom is 0 e. The molecule has 0 aromatic heterocycles. The number of halogens is 1. The Hall–Kier alpha value is 0.313. The standard InChI is InChI=1S/C18H28P2.C8H12.ClHO4.Rh/c1-13-9-10-14(2)19(13)17-7-5-6-8-18(17)20-15(3)11-12-16(20)4;1-2-4-6-8-7-5-3-1;2-1(3,4)5;/h5-8,13-16H,9-12H2,1-4H3;1-2,7-8H,3-6H2;(H,2,3,4,5);/p-1/b;2-1-,8-7-;;/t13-,14-,15-,16-;;;/m1.../s1. The first-order chi connectivity index (χ1) is 15.6. The Bertz CT molecular complexity index is 676. The summed E-state index contributed by atoms with van der Waals surface area (Å²) in [4.78, 5) is 0. The summed E-state index contributed by atoms with van der Waals surface area (Å²) in [5, 5.41) is 3.57. The van der Waals surface area contributed by atoms with Crippen LogP contribution in [0.15, 0.2) is 48.6 Å². The molecular weight excluding hydrogens is 577 g/mol. The predicted molar refractivity (Wildman–Crippen MR) is 133 cm³/mol. The van der Waals surface area contributed by atoms with Crippen LogP contribution in [-0.4, -0.2) is 22.6 Å². The fourth-order valence-corrected chi connectivity index (χ4v) is 12.3. The fourth-order valence-electron chi connectivity index (χ4n) is 5.10. The van der Waals surface area contributed by atoms with Crippen molar-refractivity contribution in [1.29, 1.82) is 0 Å². The number of allylic oxidation sites excluding steroid dienone is 4. The second-order valence-corrected chi connectivity index (χ2v) is 16.2. The van der Waals surface area contributed by atoms with Crippen molar-refractivity contribution in [2.45, 2.75) is 102 Å². The van der Waals surface area contributed by atoms with Crippen LogP contribution in [0.1, 0.15) is 79.1 Å². The zero-order valence-corrected chi connectivity index (χ0v) is 25.0. The zero-order valence-electron chi connectivity index (χ0n) is 20.8. The SMILES string of the molecule is C1=C\CC/C=C\CC/1.C[C@@H]1CC[C@@H](C)P1c1ccccc1P1[C@H](C)CC[C@H]1C.[O-][Cl+3]([O-])([O-])[O-].[Rh]. The first-order valence-corrected chi connectivity index (χ1v) is 16.4. The van der Waals surface area contributed by atoms with E-state index in [9.17, 15) is 0 Å². The van der Waals surface area contributed by atoms with E-state index in [1.54, 1.807) is 10.6 Å². The maximum atomic E-state index is 8.49. The van der Waals surface area contributed by atoms with Gasteiger partial charge in [-0.3, -0.25) is 0 Å². The number of rotatable bonds is 2. The minimum Gasteiger partial charge on any atom is -0.222 e. The average Bonchev–Trinajstić information content (AvgIpc) is 3.21. The molecule has 2 fully saturated rings. The Morgan fingerprint density at radius 3 is 1.06 bits per heavy atom. The number of benzene rings is 1. The molecule has 195 valence electrons. The minimum absolute atomic E-state index is 0. The van der Waals surface area contributed by atoms with E-state index in [0.29, 0.717) is 0 Å². The summed E-state index contributed by atoms with van der Waals surface area (Å²) in [5.41, 5.74) is 3.74. The van der Waals surface area contributed by atoms with E-state index >= 15 is 0 Å². The molecule has 0 unspecified atom stereocenters. The predicted octanol–water partition coefficient (Wildman–Crippen LogP) is 2.96. The molecule has 0 saturated carbocycles. The number of hydrogen-bond donors (Lipinski definition) is 0. The molecule has 2 saturated heterocycles. The summed E-state index contributed by atoms with van der Waals surface area (Å²) in [6, 6.07) is 9.55. The molecule has 4 atom stereocenters. The van der Waals surface area contributed by atoms with Crippen LogP contribution in [0.5, 0.6) is 0 Å². The van der Waals surface area contributed by atoms with Gasteiger partial charge in [-0.15, -0.1) is 10.2 Å². The van der Waals surface area contributed by atoms with Crippen LogP contribution in [-0.2, 0) is 19.5 Å². The third kappa shape index (κ3) is 11.1. The smallest absolute Gasteiger partial charge is 0 e. The van der Waals surface area contributed by atoms with Crippen LogP contribution in [0.2, 0.25) is 0 Å². The van der Waals surface area contributed by atoms with E-state index in [1.807, 2.05) is 0 Å². The first kappa shape index (κ1) is 32.3. The minimum atomic E-state index is -4.94. The van der Waals surface area contributed by atoms with Gasteiger partial charge in [-0.05, 0) is 84.6 Å². The van der Waals surface area contributed by atoms with Gasteiger partial charge in [0, 0.05) is 19.5 Å². The van der Waals surface area contributed by atoms with Gasteiger partial charge in [-0.25, -0.2) is 18.6 Å². The Morgan fingerprint density at radius 1 is 0.588 bits per heavy atom. The van der Waals surface area contributed by atoms with Crippen molar-refractivity contribution in [2.75, 3.05) is 0 Å². The molecule has 8 heteroatoms. The monoisotopic (exact) mass is 616 g/mol. The van der Waals surface area contributed by atoms with Gasteiger partial charge < -0.3 is 0 Å². The molecule has 1 radical (unpaired) electrons. The van der Waals surface area contributed by atoms with Crippen LogP contribution in [0.4, 0.5) is 0 Å². The summed E-state index contributed by atoms with van der Waals surface area (Å²) < 4.78 is 34.0. The van der Waals surface area contributed by atoms with Crippen molar-refractivity contribution in [3.8, 4) is 0 Å². The van der Waals surface area contributed by atoms with Gasteiger partial charge in [0.05, 0.1) is 0 Å². The Kier molecular flexibility index (Phi) is 15.4. The zero-order chi connectivity index (χ0) is 24.4. The molecule has 0 N–H and O–H groups in total. The summed E-state index contributed by atoms with van der Waals surface area (Å²) in [6.07, 6.45) is 19.8. The molecule has 2 heterocycles. The Morgan fingerprint density at radius 2 is 0.824 bits per heavy atom. The van der Waals surface area contributed by atoms with Gasteiger partial charge in [-0.2, -0.15) is 0 Å². The van der Waals surface area contributed by atoms with E-state index in [-0.39, 0.29) is 35.3 Å². The van der Waals surface area contributed by atoms with Crippen LogP contribution in [0.25, 0.3) is 0 Å². The second-order valence-electron chi connectivity index (χ2n) is 9.33. The molecular formula is C26H40ClO4P2Rh-. The molecule has 0 amide bonds. The molecule has 3 aliphatic rings. The van der Waals surface area contributed by atoms with Crippen LogP contribution >= 0.6 is 15.8 Å². The van der Waals surface area contributed by atoms with Crippen LogP contribution in [0.3, 0.4) is 0 Å². The summed E-state index contributed by atoms with van der Waals surface area (Å²) in [7, 11) is -4.79. The molecule has 1 aliphatic carbocycles. The van der Waals surface area contributed by atoms with Gasteiger partial charge in [0.25, 0.3) is 0 Å². The Balaban J connectivity index is 0.000000343. The van der Waals surface area contributed by atoms with E-state index < -0.39 is 10.2 Å². The van der Waals surface area contributed by atoms with Gasteiger partial charge in [0.1, 0.15) is 0 Å². The quantitative estimate of drug-likeness (QED) is 0.290. The van der Waals surface area contributed by atoms with Gasteiger partial charge in [0.2, 0.25) is 0 Å². The van der Waals surface area contributed by atoms with Crippen molar-refractivity contribution in [1.82, 2.24) is 0 Å². The van der Waals surface area contributed by atoms with Gasteiger partial charge in [0.15, 0.2) is 0 Å². The van der Waals surface area contributed by atoms with Gasteiger partial charge >= 0.3 is 0 Å². The van der Waals surface area contributed by atoms with Crippen LogP contribution < -0.4 is 29.2 Å². The van der Waals surface area contributed by atoms with E-state index in [1.165, 1.54) is 51.4 Å². The molecule has 1 aromatic rings.